The van der Waals surface area contributed by atoms with E-state index in [1.54, 1.807) is 0 Å². The molecule has 2 atom stereocenters. The molecule has 0 fully saturated rings. The van der Waals surface area contributed by atoms with Gasteiger partial charge in [0.25, 0.3) is 0 Å². The molecule has 86 valence electrons. The Kier molecular flexibility index (Phi) is 3.06. The van der Waals surface area contributed by atoms with Crippen LogP contribution in [0.3, 0.4) is 0 Å². The van der Waals surface area contributed by atoms with E-state index in [0.717, 1.165) is 17.7 Å². The second-order valence-electron chi connectivity index (χ2n) is 4.27. The van der Waals surface area contributed by atoms with E-state index >= 15 is 0 Å². The van der Waals surface area contributed by atoms with Gasteiger partial charge in [0.15, 0.2) is 0 Å². The van der Waals surface area contributed by atoms with Crippen molar-refractivity contribution in [1.29, 1.82) is 0 Å². The maximum Gasteiger partial charge on any atom is 0.217 e. The van der Waals surface area contributed by atoms with Gasteiger partial charge in [-0.25, -0.2) is 0 Å². The first-order chi connectivity index (χ1) is 7.56. The fraction of sp³-hybridized carbons (Fsp3) is 0.417. The van der Waals surface area contributed by atoms with E-state index in [0.29, 0.717) is 11.1 Å². The summed E-state index contributed by atoms with van der Waals surface area (Å²) in [5, 5.41) is 7.04. The van der Waals surface area contributed by atoms with Gasteiger partial charge < -0.3 is 10.6 Å². The molecule has 4 heteroatoms. The highest BCUT2D eigenvalue weighted by Gasteiger charge is 2.24. The Bertz CT molecular complexity index is 419. The second kappa shape index (κ2) is 4.34. The van der Waals surface area contributed by atoms with Crippen LogP contribution in [0.15, 0.2) is 18.2 Å². The third-order valence-corrected chi connectivity index (χ3v) is 2.99. The number of anilines is 1. The van der Waals surface area contributed by atoms with Crippen molar-refractivity contribution in [3.63, 3.8) is 0 Å². The number of rotatable bonds is 1. The average Bonchev–Trinajstić information content (AvgIpc) is 2.18. The monoisotopic (exact) mass is 238 g/mol. The molecule has 0 unspecified atom stereocenters. The SMILES string of the molecule is CC(=O)N[C@H]1C[C@@H](C)Nc2ccc(Cl)cc21. The Morgan fingerprint density at radius 3 is 3.00 bits per heavy atom. The highest BCUT2D eigenvalue weighted by Crippen LogP contribution is 2.34. The van der Waals surface area contributed by atoms with Crippen molar-refractivity contribution >= 4 is 23.2 Å². The number of carbonyl (C=O) groups is 1. The fourth-order valence-electron chi connectivity index (χ4n) is 2.14. The number of fused-ring (bicyclic) bond motifs is 1. The maximum absolute atomic E-state index is 11.1. The van der Waals surface area contributed by atoms with Crippen LogP contribution in [0.2, 0.25) is 5.02 Å². The number of benzene rings is 1. The summed E-state index contributed by atoms with van der Waals surface area (Å²) in [6.07, 6.45) is 0.882. The van der Waals surface area contributed by atoms with Gasteiger partial charge in [-0.05, 0) is 37.1 Å². The second-order valence-corrected chi connectivity index (χ2v) is 4.70. The van der Waals surface area contributed by atoms with Gasteiger partial charge in [-0.2, -0.15) is 0 Å². The van der Waals surface area contributed by atoms with Crippen molar-refractivity contribution < 1.29 is 4.79 Å². The smallest absolute Gasteiger partial charge is 0.217 e. The lowest BCUT2D eigenvalue weighted by Gasteiger charge is -2.31. The van der Waals surface area contributed by atoms with Crippen molar-refractivity contribution in [1.82, 2.24) is 5.32 Å². The standard InChI is InChI=1S/C12H15ClN2O/c1-7-5-12(15-8(2)16)10-6-9(13)3-4-11(10)14-7/h3-4,6-7,12,14H,5H2,1-2H3,(H,15,16)/t7-,12+/m1/s1. The molecule has 16 heavy (non-hydrogen) atoms. The molecule has 1 aliphatic rings. The summed E-state index contributed by atoms with van der Waals surface area (Å²) in [6, 6.07) is 6.14. The summed E-state index contributed by atoms with van der Waals surface area (Å²) in [5.74, 6) is -0.00924. The van der Waals surface area contributed by atoms with E-state index in [-0.39, 0.29) is 11.9 Å². The Labute approximate surface area is 100 Å². The molecule has 2 N–H and O–H groups in total. The predicted octanol–water partition coefficient (Wildman–Crippen LogP) is 2.72. The molecular formula is C12H15ClN2O. The molecule has 0 aliphatic carbocycles. The summed E-state index contributed by atoms with van der Waals surface area (Å²) >= 11 is 5.97. The molecule has 0 bridgehead atoms. The molecule has 1 heterocycles. The largest absolute Gasteiger partial charge is 0.382 e. The lowest BCUT2D eigenvalue weighted by atomic mass is 9.93. The number of amides is 1. The van der Waals surface area contributed by atoms with Gasteiger partial charge in [0.1, 0.15) is 0 Å². The van der Waals surface area contributed by atoms with Gasteiger partial charge >= 0.3 is 0 Å². The van der Waals surface area contributed by atoms with Crippen molar-refractivity contribution in [2.24, 2.45) is 0 Å². The summed E-state index contributed by atoms with van der Waals surface area (Å²) < 4.78 is 0. The zero-order chi connectivity index (χ0) is 11.7. The molecule has 0 saturated heterocycles. The van der Waals surface area contributed by atoms with Crippen molar-refractivity contribution in [3.8, 4) is 0 Å². The van der Waals surface area contributed by atoms with Gasteiger partial charge in [0.2, 0.25) is 5.91 Å². The van der Waals surface area contributed by atoms with Crippen molar-refractivity contribution in [2.45, 2.75) is 32.4 Å². The predicted molar refractivity (Wildman–Crippen MR) is 65.7 cm³/mol. The van der Waals surface area contributed by atoms with Crippen LogP contribution >= 0.6 is 11.6 Å². The van der Waals surface area contributed by atoms with Crippen LogP contribution in [-0.4, -0.2) is 11.9 Å². The van der Waals surface area contributed by atoms with Crippen LogP contribution in [0, 0.1) is 0 Å². The van der Waals surface area contributed by atoms with Gasteiger partial charge in [0, 0.05) is 23.7 Å². The molecule has 0 saturated carbocycles. The van der Waals surface area contributed by atoms with Crippen molar-refractivity contribution in [3.05, 3.63) is 28.8 Å². The molecule has 0 spiro atoms. The molecule has 0 radical (unpaired) electrons. The quantitative estimate of drug-likeness (QED) is 0.790. The zero-order valence-electron chi connectivity index (χ0n) is 9.38. The number of hydrogen-bond acceptors (Lipinski definition) is 2. The Balaban J connectivity index is 2.35. The molecular weight excluding hydrogens is 224 g/mol. The number of hydrogen-bond donors (Lipinski definition) is 2. The van der Waals surface area contributed by atoms with Crippen molar-refractivity contribution in [2.75, 3.05) is 5.32 Å². The molecule has 1 aromatic carbocycles. The van der Waals surface area contributed by atoms with Crippen LogP contribution in [0.4, 0.5) is 5.69 Å². The van der Waals surface area contributed by atoms with Crippen LogP contribution in [0.25, 0.3) is 0 Å². The first-order valence-electron chi connectivity index (χ1n) is 5.39. The van der Waals surface area contributed by atoms with Gasteiger partial charge in [-0.15, -0.1) is 0 Å². The fourth-order valence-corrected chi connectivity index (χ4v) is 2.32. The molecule has 1 amide bonds. The topological polar surface area (TPSA) is 41.1 Å². The number of halogens is 1. The first-order valence-corrected chi connectivity index (χ1v) is 5.77. The van der Waals surface area contributed by atoms with E-state index in [2.05, 4.69) is 17.6 Å². The van der Waals surface area contributed by atoms with Gasteiger partial charge in [0.05, 0.1) is 6.04 Å². The third-order valence-electron chi connectivity index (χ3n) is 2.76. The minimum absolute atomic E-state index is 0.00924. The van der Waals surface area contributed by atoms with Crippen LogP contribution in [-0.2, 0) is 4.79 Å². The maximum atomic E-state index is 11.1. The molecule has 2 rings (SSSR count). The van der Waals surface area contributed by atoms with E-state index in [4.69, 9.17) is 11.6 Å². The summed E-state index contributed by atoms with van der Waals surface area (Å²) in [6.45, 7) is 3.64. The van der Waals surface area contributed by atoms with E-state index in [9.17, 15) is 4.79 Å². The number of carbonyl (C=O) groups excluding carboxylic acids is 1. The van der Waals surface area contributed by atoms with E-state index in [1.165, 1.54) is 6.92 Å². The van der Waals surface area contributed by atoms with Crippen LogP contribution in [0.1, 0.15) is 31.9 Å². The van der Waals surface area contributed by atoms with E-state index in [1.807, 2.05) is 18.2 Å². The molecule has 3 nitrogen and oxygen atoms in total. The number of nitrogens with one attached hydrogen (secondary N) is 2. The highest BCUT2D eigenvalue weighted by atomic mass is 35.5. The van der Waals surface area contributed by atoms with Gasteiger partial charge in [-0.3, -0.25) is 4.79 Å². The molecule has 1 aromatic rings. The zero-order valence-corrected chi connectivity index (χ0v) is 10.1. The summed E-state index contributed by atoms with van der Waals surface area (Å²) in [5.41, 5.74) is 2.13. The Morgan fingerprint density at radius 1 is 1.56 bits per heavy atom. The van der Waals surface area contributed by atoms with Crippen LogP contribution < -0.4 is 10.6 Å². The van der Waals surface area contributed by atoms with Crippen LogP contribution in [0.5, 0.6) is 0 Å². The minimum atomic E-state index is -0.00924. The normalized spacial score (nSPS) is 23.2. The highest BCUT2D eigenvalue weighted by molar-refractivity contribution is 6.30. The lowest BCUT2D eigenvalue weighted by molar-refractivity contribution is -0.119. The molecule has 1 aliphatic heterocycles. The first kappa shape index (κ1) is 11.3. The Hall–Kier alpha value is -1.22. The van der Waals surface area contributed by atoms with Gasteiger partial charge in [-0.1, -0.05) is 11.6 Å². The average molecular weight is 239 g/mol. The third kappa shape index (κ3) is 2.30. The lowest BCUT2D eigenvalue weighted by Crippen LogP contribution is -2.35. The Morgan fingerprint density at radius 2 is 2.31 bits per heavy atom. The van der Waals surface area contributed by atoms with E-state index < -0.39 is 0 Å². The molecule has 0 aromatic heterocycles. The summed E-state index contributed by atoms with van der Waals surface area (Å²) in [4.78, 5) is 11.1. The summed E-state index contributed by atoms with van der Waals surface area (Å²) in [7, 11) is 0. The minimum Gasteiger partial charge on any atom is -0.382 e.